The number of nitrogens with one attached hydrogen (secondary N) is 1. The lowest BCUT2D eigenvalue weighted by Crippen LogP contribution is -2.07. The van der Waals surface area contributed by atoms with Crippen molar-refractivity contribution in [2.24, 2.45) is 0 Å². The lowest BCUT2D eigenvalue weighted by molar-refractivity contribution is 0.0520. The molecule has 0 unspecified atom stereocenters. The molecule has 0 bridgehead atoms. The minimum atomic E-state index is -0.539. The Labute approximate surface area is 146 Å². The largest absolute Gasteiger partial charge is 0.493 e. The van der Waals surface area contributed by atoms with E-state index in [-0.39, 0.29) is 12.3 Å². The normalized spacial score (nSPS) is 10.2. The average molecular weight is 343 g/mol. The van der Waals surface area contributed by atoms with Crippen molar-refractivity contribution in [2.75, 3.05) is 20.3 Å². The van der Waals surface area contributed by atoms with Crippen LogP contribution in [0.1, 0.15) is 23.0 Å². The third-order valence-electron chi connectivity index (χ3n) is 3.35. The summed E-state index contributed by atoms with van der Waals surface area (Å²) >= 11 is 0. The summed E-state index contributed by atoms with van der Waals surface area (Å²) in [6, 6.07) is 3.61. The summed E-state index contributed by atoms with van der Waals surface area (Å²) in [7, 11) is 1.55. The highest BCUT2D eigenvalue weighted by Gasteiger charge is 2.22. The molecule has 1 heterocycles. The number of allylic oxidation sites excluding steroid dienone is 1. The van der Waals surface area contributed by atoms with Crippen LogP contribution in [0.4, 0.5) is 0 Å². The molecule has 0 aliphatic rings. The molecule has 1 N–H and O–H groups in total. The molecule has 0 spiro atoms. The summed E-state index contributed by atoms with van der Waals surface area (Å²) in [4.78, 5) is 12.0. The number of aromatic nitrogens is 3. The van der Waals surface area contributed by atoms with E-state index < -0.39 is 5.97 Å². The lowest BCUT2D eigenvalue weighted by Gasteiger charge is -2.15. The quantitative estimate of drug-likeness (QED) is 0.556. The molecule has 2 aromatic rings. The summed E-state index contributed by atoms with van der Waals surface area (Å²) in [5.41, 5.74) is 2.02. The standard InChI is InChI=1S/C18H21N3O4/c1-5-8-12-10-13(11-14(23-4)17(12)25-9-6-2)15-16(20-21-19-15)18(22)24-7-3/h5-6,10-11H,1-2,7-9H2,3-4H3,(H,19,20,21). The predicted molar refractivity (Wildman–Crippen MR) is 93.9 cm³/mol. The number of nitrogens with zero attached hydrogens (tertiary/aromatic N) is 2. The van der Waals surface area contributed by atoms with Gasteiger partial charge in [0.2, 0.25) is 0 Å². The topological polar surface area (TPSA) is 86.3 Å². The fourth-order valence-corrected chi connectivity index (χ4v) is 2.34. The molecule has 0 saturated carbocycles. The number of aromatic amines is 1. The molecule has 7 heteroatoms. The van der Waals surface area contributed by atoms with E-state index in [0.29, 0.717) is 35.8 Å². The molecule has 2 rings (SSSR count). The van der Waals surface area contributed by atoms with Crippen molar-refractivity contribution in [3.8, 4) is 22.8 Å². The molecule has 0 aliphatic carbocycles. The number of carbonyl (C=O) groups is 1. The van der Waals surface area contributed by atoms with Crippen molar-refractivity contribution in [1.29, 1.82) is 0 Å². The number of H-pyrrole nitrogens is 1. The van der Waals surface area contributed by atoms with Crippen LogP contribution < -0.4 is 9.47 Å². The Hall–Kier alpha value is -3.09. The Kier molecular flexibility index (Phi) is 6.33. The van der Waals surface area contributed by atoms with E-state index in [4.69, 9.17) is 14.2 Å². The first-order valence-corrected chi connectivity index (χ1v) is 7.79. The Bertz CT molecular complexity index is 768. The molecule has 0 saturated heterocycles. The summed E-state index contributed by atoms with van der Waals surface area (Å²) in [5, 5.41) is 10.4. The first kappa shape index (κ1) is 18.3. The van der Waals surface area contributed by atoms with Crippen LogP contribution in [0.25, 0.3) is 11.3 Å². The lowest BCUT2D eigenvalue weighted by atomic mass is 10.0. The predicted octanol–water partition coefficient (Wildman–Crippen LogP) is 2.95. The summed E-state index contributed by atoms with van der Waals surface area (Å²) < 4.78 is 16.2. The maximum absolute atomic E-state index is 12.0. The number of ether oxygens (including phenoxy) is 3. The highest BCUT2D eigenvalue weighted by molar-refractivity contribution is 5.94. The van der Waals surface area contributed by atoms with E-state index in [2.05, 4.69) is 28.6 Å². The van der Waals surface area contributed by atoms with Gasteiger partial charge in [-0.15, -0.1) is 11.7 Å². The van der Waals surface area contributed by atoms with Gasteiger partial charge in [0.15, 0.2) is 17.2 Å². The van der Waals surface area contributed by atoms with Gasteiger partial charge in [0.25, 0.3) is 0 Å². The van der Waals surface area contributed by atoms with E-state index >= 15 is 0 Å². The molecule has 1 aromatic carbocycles. The van der Waals surface area contributed by atoms with E-state index in [9.17, 15) is 4.79 Å². The van der Waals surface area contributed by atoms with Crippen LogP contribution in [0.2, 0.25) is 0 Å². The van der Waals surface area contributed by atoms with Crippen molar-refractivity contribution in [3.63, 3.8) is 0 Å². The number of methoxy groups -OCH3 is 1. The molecule has 1 aromatic heterocycles. The van der Waals surface area contributed by atoms with E-state index in [1.807, 2.05) is 6.07 Å². The monoisotopic (exact) mass is 343 g/mol. The fourth-order valence-electron chi connectivity index (χ4n) is 2.34. The molecule has 0 aliphatic heterocycles. The van der Waals surface area contributed by atoms with Gasteiger partial charge >= 0.3 is 5.97 Å². The number of esters is 1. The fraction of sp³-hybridized carbons (Fsp3) is 0.278. The first-order valence-electron chi connectivity index (χ1n) is 7.79. The van der Waals surface area contributed by atoms with Crippen molar-refractivity contribution in [3.05, 3.63) is 48.7 Å². The van der Waals surface area contributed by atoms with Gasteiger partial charge in [-0.05, 0) is 25.5 Å². The van der Waals surface area contributed by atoms with Gasteiger partial charge in [-0.3, -0.25) is 0 Å². The summed E-state index contributed by atoms with van der Waals surface area (Å²) in [6.07, 6.45) is 3.97. The van der Waals surface area contributed by atoms with Crippen LogP contribution in [0.15, 0.2) is 37.4 Å². The molecule has 0 radical (unpaired) electrons. The average Bonchev–Trinajstić information content (AvgIpc) is 3.10. The van der Waals surface area contributed by atoms with Crippen LogP contribution in [0.5, 0.6) is 11.5 Å². The van der Waals surface area contributed by atoms with E-state index in [0.717, 1.165) is 5.56 Å². The smallest absolute Gasteiger partial charge is 0.361 e. The van der Waals surface area contributed by atoms with Gasteiger partial charge in [-0.1, -0.05) is 18.7 Å². The minimum absolute atomic E-state index is 0.119. The van der Waals surface area contributed by atoms with Crippen LogP contribution >= 0.6 is 0 Å². The zero-order valence-corrected chi connectivity index (χ0v) is 14.4. The van der Waals surface area contributed by atoms with E-state index in [1.165, 1.54) is 0 Å². The number of rotatable bonds is 9. The van der Waals surface area contributed by atoms with E-state index in [1.54, 1.807) is 32.3 Å². The first-order chi connectivity index (χ1) is 12.2. The molecule has 25 heavy (non-hydrogen) atoms. The van der Waals surface area contributed by atoms with Gasteiger partial charge in [0.05, 0.1) is 13.7 Å². The molecule has 0 fully saturated rings. The Balaban J connectivity index is 2.54. The number of carbonyl (C=O) groups excluding carboxylic acids is 1. The van der Waals surface area contributed by atoms with Crippen LogP contribution in [0, 0.1) is 0 Å². The molecular formula is C18H21N3O4. The number of benzene rings is 1. The second kappa shape index (κ2) is 8.68. The molecule has 7 nitrogen and oxygen atoms in total. The van der Waals surface area contributed by atoms with Gasteiger partial charge in [0, 0.05) is 11.1 Å². The summed E-state index contributed by atoms with van der Waals surface area (Å²) in [6.45, 7) is 9.75. The van der Waals surface area contributed by atoms with Crippen molar-refractivity contribution >= 4 is 5.97 Å². The molecule has 132 valence electrons. The molecule has 0 atom stereocenters. The van der Waals surface area contributed by atoms with Gasteiger partial charge < -0.3 is 14.2 Å². The molecular weight excluding hydrogens is 322 g/mol. The zero-order chi connectivity index (χ0) is 18.2. The number of hydrogen-bond donors (Lipinski definition) is 1. The van der Waals surface area contributed by atoms with Crippen LogP contribution in [0.3, 0.4) is 0 Å². The Morgan fingerprint density at radius 2 is 2.08 bits per heavy atom. The van der Waals surface area contributed by atoms with Gasteiger partial charge in [0.1, 0.15) is 12.3 Å². The van der Waals surface area contributed by atoms with Crippen molar-refractivity contribution in [1.82, 2.24) is 15.4 Å². The summed E-state index contributed by atoms with van der Waals surface area (Å²) in [5.74, 6) is 0.587. The number of hydrogen-bond acceptors (Lipinski definition) is 6. The second-order valence-corrected chi connectivity index (χ2v) is 5.00. The Morgan fingerprint density at radius 3 is 2.72 bits per heavy atom. The third-order valence-corrected chi connectivity index (χ3v) is 3.35. The van der Waals surface area contributed by atoms with Crippen molar-refractivity contribution < 1.29 is 19.0 Å². The zero-order valence-electron chi connectivity index (χ0n) is 14.4. The van der Waals surface area contributed by atoms with Crippen molar-refractivity contribution in [2.45, 2.75) is 13.3 Å². The SMILES string of the molecule is C=CCOc1c(CC=C)cc(-c2n[nH]nc2C(=O)OCC)cc1OC. The second-order valence-electron chi connectivity index (χ2n) is 5.00. The maximum Gasteiger partial charge on any atom is 0.361 e. The van der Waals surface area contributed by atoms with Crippen LogP contribution in [-0.4, -0.2) is 41.7 Å². The highest BCUT2D eigenvalue weighted by atomic mass is 16.5. The highest BCUT2D eigenvalue weighted by Crippen LogP contribution is 2.37. The maximum atomic E-state index is 12.0. The van der Waals surface area contributed by atoms with Gasteiger partial charge in [-0.25, -0.2) is 4.79 Å². The van der Waals surface area contributed by atoms with Crippen LogP contribution in [-0.2, 0) is 11.2 Å². The van der Waals surface area contributed by atoms with Gasteiger partial charge in [-0.2, -0.15) is 10.3 Å². The molecule has 0 amide bonds. The third kappa shape index (κ3) is 4.06. The Morgan fingerprint density at radius 1 is 1.28 bits per heavy atom. The minimum Gasteiger partial charge on any atom is -0.493 e.